The van der Waals surface area contributed by atoms with Gasteiger partial charge in [0.2, 0.25) is 11.8 Å². The van der Waals surface area contributed by atoms with Crippen LogP contribution in [0, 0.1) is 5.41 Å². The molecule has 1 N–H and O–H groups in total. The third kappa shape index (κ3) is 3.80. The molecule has 168 valence electrons. The van der Waals surface area contributed by atoms with Crippen molar-refractivity contribution in [2.45, 2.75) is 69.9 Å². The van der Waals surface area contributed by atoms with Gasteiger partial charge in [0.1, 0.15) is 5.82 Å². The van der Waals surface area contributed by atoms with E-state index < -0.39 is 0 Å². The summed E-state index contributed by atoms with van der Waals surface area (Å²) in [5, 5.41) is 10.4. The summed E-state index contributed by atoms with van der Waals surface area (Å²) in [6.45, 7) is 3.00. The van der Waals surface area contributed by atoms with Gasteiger partial charge in [-0.05, 0) is 57.4 Å². The zero-order valence-corrected chi connectivity index (χ0v) is 18.7. The number of carbonyl (C=O) groups excluding carboxylic acids is 2. The van der Waals surface area contributed by atoms with Crippen molar-refractivity contribution in [2.24, 2.45) is 5.41 Å². The minimum atomic E-state index is -0.358. The van der Waals surface area contributed by atoms with Crippen LogP contribution in [0.3, 0.4) is 0 Å². The summed E-state index contributed by atoms with van der Waals surface area (Å²) in [5.74, 6) is 1.10. The summed E-state index contributed by atoms with van der Waals surface area (Å²) in [6, 6.07) is 2.11. The molecule has 3 aliphatic heterocycles. The molecule has 1 atom stereocenters. The Labute approximate surface area is 188 Å². The number of piperidine rings is 1. The van der Waals surface area contributed by atoms with Crippen molar-refractivity contribution in [2.75, 3.05) is 36.0 Å². The molecule has 1 spiro atoms. The maximum absolute atomic E-state index is 13.5. The number of anilines is 2. The van der Waals surface area contributed by atoms with E-state index in [0.717, 1.165) is 70.1 Å². The van der Waals surface area contributed by atoms with E-state index in [0.29, 0.717) is 30.4 Å². The molecule has 2 amide bonds. The van der Waals surface area contributed by atoms with Crippen molar-refractivity contribution in [3.63, 3.8) is 0 Å². The fraction of sp³-hybridized carbons (Fsp3) is 0.696. The fourth-order valence-corrected chi connectivity index (χ4v) is 6.26. The van der Waals surface area contributed by atoms with Gasteiger partial charge in [-0.25, -0.2) is 4.98 Å². The molecule has 1 aromatic rings. The molecule has 5 rings (SSSR count). The van der Waals surface area contributed by atoms with Gasteiger partial charge in [-0.2, -0.15) is 0 Å². The van der Waals surface area contributed by atoms with Gasteiger partial charge in [-0.1, -0.05) is 11.6 Å². The van der Waals surface area contributed by atoms with Crippen LogP contribution in [0.25, 0.3) is 0 Å². The molecule has 7 nitrogen and oxygen atoms in total. The molecule has 8 heteroatoms. The smallest absolute Gasteiger partial charge is 0.230 e. The lowest BCUT2D eigenvalue weighted by molar-refractivity contribution is -0.139. The molecule has 0 bridgehead atoms. The number of aromatic nitrogens is 1. The maximum atomic E-state index is 13.5. The number of amides is 2. The largest absolute Gasteiger partial charge is 0.393 e. The molecule has 4 fully saturated rings. The van der Waals surface area contributed by atoms with Crippen molar-refractivity contribution >= 4 is 34.9 Å². The zero-order valence-electron chi connectivity index (χ0n) is 17.9. The highest BCUT2D eigenvalue weighted by atomic mass is 35.5. The summed E-state index contributed by atoms with van der Waals surface area (Å²) in [6.07, 6.45) is 9.07. The lowest BCUT2D eigenvalue weighted by Gasteiger charge is -2.41. The highest BCUT2D eigenvalue weighted by Gasteiger charge is 2.51. The van der Waals surface area contributed by atoms with Gasteiger partial charge in [0.15, 0.2) is 0 Å². The number of halogens is 1. The molecule has 1 saturated carbocycles. The predicted octanol–water partition coefficient (Wildman–Crippen LogP) is 2.98. The molecule has 3 saturated heterocycles. The fourth-order valence-electron chi connectivity index (χ4n) is 5.98. The van der Waals surface area contributed by atoms with Crippen molar-refractivity contribution in [3.05, 3.63) is 17.3 Å². The first kappa shape index (κ1) is 21.0. The highest BCUT2D eigenvalue weighted by molar-refractivity contribution is 6.33. The Morgan fingerprint density at radius 1 is 1.06 bits per heavy atom. The summed E-state index contributed by atoms with van der Waals surface area (Å²) >= 11 is 6.62. The van der Waals surface area contributed by atoms with Gasteiger partial charge in [0.05, 0.1) is 28.4 Å². The van der Waals surface area contributed by atoms with Gasteiger partial charge < -0.3 is 19.8 Å². The van der Waals surface area contributed by atoms with E-state index in [4.69, 9.17) is 11.6 Å². The Morgan fingerprint density at radius 3 is 2.58 bits per heavy atom. The first-order valence-corrected chi connectivity index (χ1v) is 12.0. The number of likely N-dealkylation sites (tertiary alicyclic amines) is 1. The van der Waals surface area contributed by atoms with E-state index in [1.807, 2.05) is 6.07 Å². The molecule has 4 heterocycles. The Balaban J connectivity index is 1.31. The minimum absolute atomic E-state index is 0.120. The Kier molecular flexibility index (Phi) is 5.59. The normalized spacial score (nSPS) is 31.9. The topological polar surface area (TPSA) is 77.0 Å². The van der Waals surface area contributed by atoms with E-state index >= 15 is 0 Å². The number of rotatable bonds is 3. The second-order valence-corrected chi connectivity index (χ2v) is 10.1. The second kappa shape index (κ2) is 8.24. The third-order valence-corrected chi connectivity index (χ3v) is 8.00. The van der Waals surface area contributed by atoms with Gasteiger partial charge in [-0.15, -0.1) is 0 Å². The van der Waals surface area contributed by atoms with E-state index in [-0.39, 0.29) is 29.4 Å². The van der Waals surface area contributed by atoms with Crippen LogP contribution < -0.4 is 9.80 Å². The van der Waals surface area contributed by atoms with E-state index in [1.165, 1.54) is 0 Å². The van der Waals surface area contributed by atoms with Crippen LogP contribution >= 0.6 is 11.6 Å². The molecule has 1 aromatic heterocycles. The standard InChI is InChI=1S/C23H31ClN4O3/c24-19-13-17(27-11-1-3-20(27)30)14-25-21(19)26-10-2-8-23(15-26)9-12-28(22(23)31)16-4-6-18(29)7-5-16/h13-14,16,18,29H,1-12,15H2/t16-,18+,23?. The van der Waals surface area contributed by atoms with Crippen LogP contribution in [0.15, 0.2) is 12.3 Å². The molecule has 4 aliphatic rings. The van der Waals surface area contributed by atoms with Crippen LogP contribution in [-0.2, 0) is 9.59 Å². The van der Waals surface area contributed by atoms with Crippen molar-refractivity contribution in [1.82, 2.24) is 9.88 Å². The Bertz CT molecular complexity index is 872. The molecule has 0 radical (unpaired) electrons. The van der Waals surface area contributed by atoms with Crippen LogP contribution in [0.4, 0.5) is 11.5 Å². The summed E-state index contributed by atoms with van der Waals surface area (Å²) in [5.41, 5.74) is 0.397. The second-order valence-electron chi connectivity index (χ2n) is 9.66. The Morgan fingerprint density at radius 2 is 1.87 bits per heavy atom. The highest BCUT2D eigenvalue weighted by Crippen LogP contribution is 2.44. The molecule has 1 aliphatic carbocycles. The maximum Gasteiger partial charge on any atom is 0.230 e. The van der Waals surface area contributed by atoms with Crippen LogP contribution in [0.5, 0.6) is 0 Å². The average Bonchev–Trinajstić information content (AvgIpc) is 3.33. The van der Waals surface area contributed by atoms with E-state index in [9.17, 15) is 14.7 Å². The van der Waals surface area contributed by atoms with Gasteiger partial charge in [0.25, 0.3) is 0 Å². The number of aliphatic hydroxyl groups excluding tert-OH is 1. The Hall–Kier alpha value is -1.86. The molecular formula is C23H31ClN4O3. The summed E-state index contributed by atoms with van der Waals surface area (Å²) in [7, 11) is 0. The van der Waals surface area contributed by atoms with Gasteiger partial charge in [0, 0.05) is 38.6 Å². The first-order valence-electron chi connectivity index (χ1n) is 11.7. The summed E-state index contributed by atoms with van der Waals surface area (Å²) < 4.78 is 0. The lowest BCUT2D eigenvalue weighted by Crippen LogP contribution is -2.50. The SMILES string of the molecule is O=C1CCCN1c1cnc(N2CCCC3(CCN([C@H]4CC[C@@H](O)CC4)C3=O)C2)c(Cl)c1. The van der Waals surface area contributed by atoms with Gasteiger partial charge >= 0.3 is 0 Å². The molecule has 31 heavy (non-hydrogen) atoms. The number of pyridine rings is 1. The number of carbonyl (C=O) groups is 2. The third-order valence-electron chi connectivity index (χ3n) is 7.72. The van der Waals surface area contributed by atoms with Crippen molar-refractivity contribution in [1.29, 1.82) is 0 Å². The van der Waals surface area contributed by atoms with Gasteiger partial charge in [-0.3, -0.25) is 9.59 Å². The van der Waals surface area contributed by atoms with Crippen LogP contribution in [0.2, 0.25) is 5.02 Å². The molecule has 1 unspecified atom stereocenters. The number of aliphatic hydroxyl groups is 1. The van der Waals surface area contributed by atoms with E-state index in [1.54, 1.807) is 11.1 Å². The predicted molar refractivity (Wildman–Crippen MR) is 119 cm³/mol. The lowest BCUT2D eigenvalue weighted by atomic mass is 9.78. The van der Waals surface area contributed by atoms with Crippen LogP contribution in [0.1, 0.15) is 57.8 Å². The molecular weight excluding hydrogens is 416 g/mol. The first-order chi connectivity index (χ1) is 15.0. The minimum Gasteiger partial charge on any atom is -0.393 e. The number of nitrogens with zero attached hydrogens (tertiary/aromatic N) is 4. The number of hydrogen-bond acceptors (Lipinski definition) is 5. The van der Waals surface area contributed by atoms with Crippen LogP contribution in [-0.4, -0.2) is 65.1 Å². The van der Waals surface area contributed by atoms with Crippen molar-refractivity contribution in [3.8, 4) is 0 Å². The monoisotopic (exact) mass is 446 g/mol. The average molecular weight is 447 g/mol. The molecule has 0 aromatic carbocycles. The van der Waals surface area contributed by atoms with Crippen molar-refractivity contribution < 1.29 is 14.7 Å². The number of hydrogen-bond donors (Lipinski definition) is 1. The van der Waals surface area contributed by atoms with E-state index in [2.05, 4.69) is 14.8 Å². The quantitative estimate of drug-likeness (QED) is 0.772. The summed E-state index contributed by atoms with van der Waals surface area (Å²) in [4.78, 5) is 36.2. The zero-order chi connectivity index (χ0) is 21.6.